The van der Waals surface area contributed by atoms with Gasteiger partial charge in [-0.2, -0.15) is 0 Å². The third-order valence-corrected chi connectivity index (χ3v) is 2.59. The van der Waals surface area contributed by atoms with E-state index in [0.717, 1.165) is 18.7 Å². The summed E-state index contributed by atoms with van der Waals surface area (Å²) in [7, 11) is 0. The highest BCUT2D eigenvalue weighted by Crippen LogP contribution is 2.22. The van der Waals surface area contributed by atoms with Gasteiger partial charge in [0, 0.05) is 12.5 Å². The van der Waals surface area contributed by atoms with Gasteiger partial charge < -0.3 is 19.7 Å². The van der Waals surface area contributed by atoms with Gasteiger partial charge in [0.1, 0.15) is 6.61 Å². The smallest absolute Gasteiger partial charge is 0.162 e. The van der Waals surface area contributed by atoms with Crippen LogP contribution >= 0.6 is 0 Å². The molecule has 1 fully saturated rings. The molecular weight excluding hydrogens is 196 g/mol. The van der Waals surface area contributed by atoms with Gasteiger partial charge >= 0.3 is 0 Å². The lowest BCUT2D eigenvalue weighted by Crippen LogP contribution is -2.61. The second-order valence-corrected chi connectivity index (χ2v) is 3.92. The molecule has 0 spiro atoms. The largest absolute Gasteiger partial charge is 0.388 e. The summed E-state index contributed by atoms with van der Waals surface area (Å²) in [6.07, 6.45) is 0.782. The van der Waals surface area contributed by atoms with Gasteiger partial charge in [-0.05, 0) is 6.54 Å². The maximum atomic E-state index is 8.85. The highest BCUT2D eigenvalue weighted by atomic mass is 16.5. The van der Waals surface area contributed by atoms with Crippen LogP contribution in [0.1, 0.15) is 18.4 Å². The molecule has 2 N–H and O–H groups in total. The van der Waals surface area contributed by atoms with Crippen LogP contribution in [-0.4, -0.2) is 35.6 Å². The van der Waals surface area contributed by atoms with E-state index in [-0.39, 0.29) is 12.1 Å². The van der Waals surface area contributed by atoms with Crippen LogP contribution in [0.15, 0.2) is 10.6 Å². The molecule has 0 aromatic carbocycles. The lowest BCUT2D eigenvalue weighted by Gasteiger charge is -2.41. The zero-order valence-corrected chi connectivity index (χ0v) is 8.82. The van der Waals surface area contributed by atoms with E-state index in [0.29, 0.717) is 19.0 Å². The Labute approximate surface area is 88.4 Å². The minimum atomic E-state index is -0.0995. The average Bonchev–Trinajstić information content (AvgIpc) is 2.62. The summed E-state index contributed by atoms with van der Waals surface area (Å²) in [6, 6.07) is 1.79. The van der Waals surface area contributed by atoms with Crippen LogP contribution in [-0.2, 0) is 17.8 Å². The summed E-state index contributed by atoms with van der Waals surface area (Å²) >= 11 is 0. The molecule has 0 unspecified atom stereocenters. The SMILES string of the molecule is CCNC1(Cc2cc(CO)on2)COC1. The zero-order chi connectivity index (χ0) is 10.7. The van der Waals surface area contributed by atoms with Gasteiger partial charge in [-0.15, -0.1) is 0 Å². The number of nitrogens with one attached hydrogen (secondary N) is 1. The highest BCUT2D eigenvalue weighted by Gasteiger charge is 2.38. The Morgan fingerprint density at radius 1 is 1.60 bits per heavy atom. The summed E-state index contributed by atoms with van der Waals surface area (Å²) in [4.78, 5) is 0. The van der Waals surface area contributed by atoms with Gasteiger partial charge in [-0.25, -0.2) is 0 Å². The number of rotatable bonds is 5. The van der Waals surface area contributed by atoms with Crippen molar-refractivity contribution in [3.8, 4) is 0 Å². The van der Waals surface area contributed by atoms with Crippen molar-refractivity contribution in [2.24, 2.45) is 0 Å². The number of hydrogen-bond acceptors (Lipinski definition) is 5. The van der Waals surface area contributed by atoms with Crippen molar-refractivity contribution < 1.29 is 14.4 Å². The van der Waals surface area contributed by atoms with Crippen molar-refractivity contribution in [3.63, 3.8) is 0 Å². The molecule has 1 saturated heterocycles. The number of aliphatic hydroxyl groups is 1. The monoisotopic (exact) mass is 212 g/mol. The fraction of sp³-hybridized carbons (Fsp3) is 0.700. The van der Waals surface area contributed by atoms with E-state index >= 15 is 0 Å². The fourth-order valence-electron chi connectivity index (χ4n) is 1.85. The Kier molecular flexibility index (Phi) is 3.04. The predicted molar refractivity (Wildman–Crippen MR) is 53.4 cm³/mol. The summed E-state index contributed by atoms with van der Waals surface area (Å²) in [5.41, 5.74) is 0.876. The Hall–Kier alpha value is -0.910. The number of likely N-dealkylation sites (N-methyl/N-ethyl adjacent to an activating group) is 1. The molecule has 0 atom stereocenters. The summed E-state index contributed by atoms with van der Waals surface area (Å²) in [5, 5.41) is 16.2. The van der Waals surface area contributed by atoms with Crippen LogP contribution in [0.5, 0.6) is 0 Å². The topological polar surface area (TPSA) is 67.5 Å². The van der Waals surface area contributed by atoms with Crippen molar-refractivity contribution in [2.45, 2.75) is 25.5 Å². The van der Waals surface area contributed by atoms with Gasteiger partial charge in [0.2, 0.25) is 0 Å². The molecule has 2 heterocycles. The van der Waals surface area contributed by atoms with Crippen molar-refractivity contribution in [3.05, 3.63) is 17.5 Å². The predicted octanol–water partition coefficient (Wildman–Crippen LogP) is 0.0879. The van der Waals surface area contributed by atoms with E-state index in [4.69, 9.17) is 14.4 Å². The Morgan fingerprint density at radius 2 is 2.40 bits per heavy atom. The van der Waals surface area contributed by atoms with Gasteiger partial charge in [0.25, 0.3) is 0 Å². The molecule has 0 amide bonds. The molecule has 1 aromatic heterocycles. The molecule has 1 aliphatic rings. The van der Waals surface area contributed by atoms with E-state index in [9.17, 15) is 0 Å². The molecule has 0 aliphatic carbocycles. The van der Waals surface area contributed by atoms with E-state index in [1.54, 1.807) is 6.07 Å². The van der Waals surface area contributed by atoms with Crippen LogP contribution in [0.4, 0.5) is 0 Å². The van der Waals surface area contributed by atoms with Gasteiger partial charge in [-0.3, -0.25) is 0 Å². The van der Waals surface area contributed by atoms with Crippen LogP contribution < -0.4 is 5.32 Å². The second-order valence-electron chi connectivity index (χ2n) is 3.92. The van der Waals surface area contributed by atoms with Crippen LogP contribution in [0.3, 0.4) is 0 Å². The molecule has 0 radical (unpaired) electrons. The van der Waals surface area contributed by atoms with Crippen molar-refractivity contribution in [1.82, 2.24) is 10.5 Å². The lowest BCUT2D eigenvalue weighted by atomic mass is 9.91. The van der Waals surface area contributed by atoms with Crippen LogP contribution in [0, 0.1) is 0 Å². The molecule has 5 nitrogen and oxygen atoms in total. The van der Waals surface area contributed by atoms with Crippen molar-refractivity contribution in [2.75, 3.05) is 19.8 Å². The molecular formula is C10H16N2O3. The number of ether oxygens (including phenoxy) is 1. The first-order valence-corrected chi connectivity index (χ1v) is 5.16. The second kappa shape index (κ2) is 4.30. The summed E-state index contributed by atoms with van der Waals surface area (Å²) in [6.45, 7) is 4.30. The van der Waals surface area contributed by atoms with E-state index in [1.807, 2.05) is 0 Å². The molecule has 2 rings (SSSR count). The van der Waals surface area contributed by atoms with Crippen LogP contribution in [0.25, 0.3) is 0 Å². The van der Waals surface area contributed by atoms with Crippen LogP contribution in [0.2, 0.25) is 0 Å². The van der Waals surface area contributed by atoms with E-state index in [2.05, 4.69) is 17.4 Å². The molecule has 5 heteroatoms. The van der Waals surface area contributed by atoms with E-state index < -0.39 is 0 Å². The minimum Gasteiger partial charge on any atom is -0.388 e. The third-order valence-electron chi connectivity index (χ3n) is 2.59. The number of aliphatic hydroxyl groups excluding tert-OH is 1. The fourth-order valence-corrected chi connectivity index (χ4v) is 1.85. The first-order chi connectivity index (χ1) is 7.28. The summed E-state index contributed by atoms with van der Waals surface area (Å²) in [5.74, 6) is 0.511. The molecule has 15 heavy (non-hydrogen) atoms. The molecule has 1 aliphatic heterocycles. The minimum absolute atomic E-state index is 0.0123. The number of nitrogens with zero attached hydrogens (tertiary/aromatic N) is 1. The number of hydrogen-bond donors (Lipinski definition) is 2. The standard InChI is InChI=1S/C10H16N2O3/c1-2-11-10(6-14-7-10)4-8-3-9(5-13)15-12-8/h3,11,13H,2,4-7H2,1H3. The van der Waals surface area contributed by atoms with E-state index in [1.165, 1.54) is 0 Å². The van der Waals surface area contributed by atoms with Gasteiger partial charge in [0.05, 0.1) is 24.4 Å². The van der Waals surface area contributed by atoms with Crippen molar-refractivity contribution >= 4 is 0 Å². The quantitative estimate of drug-likeness (QED) is 0.724. The third kappa shape index (κ3) is 2.19. The zero-order valence-electron chi connectivity index (χ0n) is 8.82. The molecule has 0 bridgehead atoms. The molecule has 84 valence electrons. The van der Waals surface area contributed by atoms with Crippen molar-refractivity contribution in [1.29, 1.82) is 0 Å². The highest BCUT2D eigenvalue weighted by molar-refractivity contribution is 5.11. The Balaban J connectivity index is 1.99. The first-order valence-electron chi connectivity index (χ1n) is 5.16. The Morgan fingerprint density at radius 3 is 2.87 bits per heavy atom. The van der Waals surface area contributed by atoms with Gasteiger partial charge in [-0.1, -0.05) is 12.1 Å². The molecule has 1 aromatic rings. The Bertz CT molecular complexity index is 320. The average molecular weight is 212 g/mol. The molecule has 0 saturated carbocycles. The first kappa shape index (κ1) is 10.6. The maximum Gasteiger partial charge on any atom is 0.162 e. The summed E-state index contributed by atoms with van der Waals surface area (Å²) < 4.78 is 10.2. The maximum absolute atomic E-state index is 8.85. The normalized spacial score (nSPS) is 18.8. The van der Waals surface area contributed by atoms with Gasteiger partial charge in [0.15, 0.2) is 5.76 Å². The number of aromatic nitrogens is 1. The lowest BCUT2D eigenvalue weighted by molar-refractivity contribution is -0.0737.